The van der Waals surface area contributed by atoms with Crippen LogP contribution in [0.1, 0.15) is 19.4 Å². The van der Waals surface area contributed by atoms with Crippen LogP contribution >= 0.6 is 23.2 Å². The van der Waals surface area contributed by atoms with Gasteiger partial charge in [0.15, 0.2) is 0 Å². The van der Waals surface area contributed by atoms with Crippen molar-refractivity contribution in [2.45, 2.75) is 26.4 Å². The smallest absolute Gasteiger partial charge is 0.238 e. The molecule has 0 saturated heterocycles. The number of nitrogens with one attached hydrogen (secondary N) is 2. The van der Waals surface area contributed by atoms with Gasteiger partial charge in [0.05, 0.1) is 12.6 Å². The highest BCUT2D eigenvalue weighted by Gasteiger charge is 2.05. The molecule has 134 valence electrons. The SMILES string of the molecule is CC(C)Oc1ccc(NC(=O)CNCCc2ccc(Cl)cc2Cl)cc1. The maximum atomic E-state index is 11.9. The van der Waals surface area contributed by atoms with Crippen LogP contribution in [0.15, 0.2) is 42.5 Å². The van der Waals surface area contributed by atoms with Crippen molar-refractivity contribution in [2.75, 3.05) is 18.4 Å². The average Bonchev–Trinajstić information content (AvgIpc) is 2.54. The Morgan fingerprint density at radius 3 is 2.48 bits per heavy atom. The number of hydrogen-bond acceptors (Lipinski definition) is 3. The molecule has 6 heteroatoms. The van der Waals surface area contributed by atoms with Crippen molar-refractivity contribution in [1.29, 1.82) is 0 Å². The summed E-state index contributed by atoms with van der Waals surface area (Å²) in [7, 11) is 0. The molecule has 0 heterocycles. The first-order chi connectivity index (χ1) is 11.9. The van der Waals surface area contributed by atoms with Crippen LogP contribution in [0.5, 0.6) is 5.75 Å². The number of carbonyl (C=O) groups excluding carboxylic acids is 1. The summed E-state index contributed by atoms with van der Waals surface area (Å²) >= 11 is 12.0. The van der Waals surface area contributed by atoms with Crippen molar-refractivity contribution in [3.63, 3.8) is 0 Å². The predicted molar refractivity (Wildman–Crippen MR) is 104 cm³/mol. The van der Waals surface area contributed by atoms with Crippen molar-refractivity contribution < 1.29 is 9.53 Å². The maximum absolute atomic E-state index is 11.9. The highest BCUT2D eigenvalue weighted by molar-refractivity contribution is 6.35. The third-order valence-electron chi connectivity index (χ3n) is 3.38. The summed E-state index contributed by atoms with van der Waals surface area (Å²) in [6.07, 6.45) is 0.851. The molecule has 0 aliphatic carbocycles. The van der Waals surface area contributed by atoms with Gasteiger partial charge in [0.25, 0.3) is 0 Å². The quantitative estimate of drug-likeness (QED) is 0.660. The van der Waals surface area contributed by atoms with Crippen molar-refractivity contribution >= 4 is 34.8 Å². The first-order valence-electron chi connectivity index (χ1n) is 8.15. The lowest BCUT2D eigenvalue weighted by Gasteiger charge is -2.11. The third-order valence-corrected chi connectivity index (χ3v) is 3.97. The summed E-state index contributed by atoms with van der Waals surface area (Å²) in [4.78, 5) is 11.9. The summed E-state index contributed by atoms with van der Waals surface area (Å²) in [5.41, 5.74) is 1.74. The molecular weight excluding hydrogens is 359 g/mol. The second-order valence-corrected chi connectivity index (χ2v) is 6.75. The molecule has 0 spiro atoms. The predicted octanol–water partition coefficient (Wildman–Crippen LogP) is 4.55. The van der Waals surface area contributed by atoms with E-state index in [4.69, 9.17) is 27.9 Å². The summed E-state index contributed by atoms with van der Waals surface area (Å²) < 4.78 is 5.57. The summed E-state index contributed by atoms with van der Waals surface area (Å²) in [6, 6.07) is 12.7. The molecule has 0 bridgehead atoms. The number of amides is 1. The molecule has 0 saturated carbocycles. The molecule has 25 heavy (non-hydrogen) atoms. The largest absolute Gasteiger partial charge is 0.491 e. The van der Waals surface area contributed by atoms with Crippen molar-refractivity contribution in [1.82, 2.24) is 5.32 Å². The average molecular weight is 381 g/mol. The minimum absolute atomic E-state index is 0.0975. The monoisotopic (exact) mass is 380 g/mol. The lowest BCUT2D eigenvalue weighted by molar-refractivity contribution is -0.115. The van der Waals surface area contributed by atoms with Gasteiger partial charge in [-0.2, -0.15) is 0 Å². The summed E-state index contributed by atoms with van der Waals surface area (Å²) in [5.74, 6) is 0.686. The van der Waals surface area contributed by atoms with Gasteiger partial charge in [0, 0.05) is 15.7 Å². The Hall–Kier alpha value is -1.75. The van der Waals surface area contributed by atoms with Gasteiger partial charge in [-0.15, -0.1) is 0 Å². The fraction of sp³-hybridized carbons (Fsp3) is 0.316. The van der Waals surface area contributed by atoms with Crippen LogP contribution < -0.4 is 15.4 Å². The van der Waals surface area contributed by atoms with Crippen LogP contribution in [0.25, 0.3) is 0 Å². The van der Waals surface area contributed by atoms with Crippen LogP contribution in [-0.4, -0.2) is 25.1 Å². The highest BCUT2D eigenvalue weighted by atomic mass is 35.5. The van der Waals surface area contributed by atoms with E-state index in [-0.39, 0.29) is 18.6 Å². The van der Waals surface area contributed by atoms with E-state index in [0.717, 1.165) is 23.4 Å². The van der Waals surface area contributed by atoms with Gasteiger partial charge in [0.1, 0.15) is 5.75 Å². The van der Waals surface area contributed by atoms with Crippen LogP contribution in [0.3, 0.4) is 0 Å². The van der Waals surface area contributed by atoms with Gasteiger partial charge in [-0.05, 0) is 68.8 Å². The summed E-state index contributed by atoms with van der Waals surface area (Å²) in [5, 5.41) is 7.20. The maximum Gasteiger partial charge on any atom is 0.238 e. The molecule has 0 unspecified atom stereocenters. The van der Waals surface area contributed by atoms with Crippen LogP contribution in [-0.2, 0) is 11.2 Å². The third kappa shape index (κ3) is 6.94. The van der Waals surface area contributed by atoms with Gasteiger partial charge in [0.2, 0.25) is 5.91 Å². The highest BCUT2D eigenvalue weighted by Crippen LogP contribution is 2.21. The zero-order valence-electron chi connectivity index (χ0n) is 14.3. The van der Waals surface area contributed by atoms with Gasteiger partial charge < -0.3 is 15.4 Å². The van der Waals surface area contributed by atoms with Crippen LogP contribution in [0.4, 0.5) is 5.69 Å². The van der Waals surface area contributed by atoms with Gasteiger partial charge in [-0.1, -0.05) is 29.3 Å². The Labute approximate surface area is 158 Å². The molecule has 0 aromatic heterocycles. The fourth-order valence-electron chi connectivity index (χ4n) is 2.24. The van der Waals surface area contributed by atoms with E-state index in [2.05, 4.69) is 10.6 Å². The summed E-state index contributed by atoms with van der Waals surface area (Å²) in [6.45, 7) is 4.82. The van der Waals surface area contributed by atoms with Gasteiger partial charge >= 0.3 is 0 Å². The molecule has 2 aromatic carbocycles. The molecule has 0 radical (unpaired) electrons. The molecule has 4 nitrogen and oxygen atoms in total. The van der Waals surface area contributed by atoms with E-state index >= 15 is 0 Å². The number of ether oxygens (including phenoxy) is 1. The number of benzene rings is 2. The van der Waals surface area contributed by atoms with Crippen molar-refractivity contribution in [2.24, 2.45) is 0 Å². The minimum Gasteiger partial charge on any atom is -0.491 e. The van der Waals surface area contributed by atoms with E-state index in [1.807, 2.05) is 50.2 Å². The first kappa shape index (κ1) is 19.6. The standard InChI is InChI=1S/C19H22Cl2N2O2/c1-13(2)25-17-7-5-16(6-8-17)23-19(24)12-22-10-9-14-3-4-15(20)11-18(14)21/h3-8,11,13,22H,9-10,12H2,1-2H3,(H,23,24). The Balaban J connectivity index is 1.71. The number of anilines is 1. The lowest BCUT2D eigenvalue weighted by Crippen LogP contribution is -2.29. The van der Waals surface area contributed by atoms with E-state index in [0.29, 0.717) is 16.6 Å². The number of carbonyl (C=O) groups is 1. The van der Waals surface area contributed by atoms with Crippen LogP contribution in [0, 0.1) is 0 Å². The number of hydrogen-bond donors (Lipinski definition) is 2. The fourth-order valence-corrected chi connectivity index (χ4v) is 2.75. The van der Waals surface area contributed by atoms with E-state index in [1.54, 1.807) is 6.07 Å². The molecule has 2 aromatic rings. The molecule has 0 aliphatic rings. The Kier molecular flexibility index (Phi) is 7.56. The van der Waals surface area contributed by atoms with Gasteiger partial charge in [-0.25, -0.2) is 0 Å². The molecule has 0 atom stereocenters. The zero-order valence-corrected chi connectivity index (χ0v) is 15.8. The van der Waals surface area contributed by atoms with Crippen molar-refractivity contribution in [3.8, 4) is 5.75 Å². The van der Waals surface area contributed by atoms with Crippen molar-refractivity contribution in [3.05, 3.63) is 58.1 Å². The number of halogens is 2. The van der Waals surface area contributed by atoms with E-state index in [9.17, 15) is 4.79 Å². The van der Waals surface area contributed by atoms with Crippen LogP contribution in [0.2, 0.25) is 10.0 Å². The second-order valence-electron chi connectivity index (χ2n) is 5.90. The number of rotatable bonds is 8. The minimum atomic E-state index is -0.0975. The normalized spacial score (nSPS) is 10.8. The van der Waals surface area contributed by atoms with E-state index in [1.165, 1.54) is 0 Å². The Bertz CT molecular complexity index is 703. The molecule has 0 fully saturated rings. The second kappa shape index (κ2) is 9.66. The molecule has 2 N–H and O–H groups in total. The molecule has 0 aliphatic heterocycles. The molecule has 2 rings (SSSR count). The zero-order chi connectivity index (χ0) is 18.2. The lowest BCUT2D eigenvalue weighted by atomic mass is 10.1. The molecule has 1 amide bonds. The van der Waals surface area contributed by atoms with Gasteiger partial charge in [-0.3, -0.25) is 4.79 Å². The first-order valence-corrected chi connectivity index (χ1v) is 8.91. The van der Waals surface area contributed by atoms with E-state index < -0.39 is 0 Å². The molecular formula is C19H22Cl2N2O2. The Morgan fingerprint density at radius 1 is 1.12 bits per heavy atom. The topological polar surface area (TPSA) is 50.4 Å². The Morgan fingerprint density at radius 2 is 1.84 bits per heavy atom.